The van der Waals surface area contributed by atoms with Gasteiger partial charge in [-0.3, -0.25) is 10.1 Å². The standard InChI is InChI=1S/C25H20N2O2S/c1-29-23-10-6-5-9-21(23)15-16-24(28)27-25-26-22(17-30-25)20-13-11-19(12-14-20)18-7-3-2-4-8-18/h2-17H,1H3,(H,26,27,28). The van der Waals surface area contributed by atoms with Gasteiger partial charge in [0.15, 0.2) is 5.13 Å². The maximum Gasteiger partial charge on any atom is 0.250 e. The molecule has 0 fully saturated rings. The predicted octanol–water partition coefficient (Wildman–Crippen LogP) is 6.14. The van der Waals surface area contributed by atoms with Crippen molar-refractivity contribution in [1.82, 2.24) is 4.98 Å². The van der Waals surface area contributed by atoms with Gasteiger partial charge in [0.05, 0.1) is 12.8 Å². The lowest BCUT2D eigenvalue weighted by Gasteiger charge is -2.03. The SMILES string of the molecule is COc1ccccc1C=CC(=O)Nc1nc(-c2ccc(-c3ccccc3)cc2)cs1. The molecule has 3 aromatic carbocycles. The number of carbonyl (C=O) groups is 1. The molecule has 4 nitrogen and oxygen atoms in total. The summed E-state index contributed by atoms with van der Waals surface area (Å²) >= 11 is 1.40. The summed E-state index contributed by atoms with van der Waals surface area (Å²) in [6.45, 7) is 0. The zero-order valence-corrected chi connectivity index (χ0v) is 17.2. The molecule has 1 aromatic heterocycles. The molecule has 1 heterocycles. The Kier molecular flexibility index (Phi) is 6.01. The van der Waals surface area contributed by atoms with E-state index in [-0.39, 0.29) is 5.91 Å². The molecule has 1 N–H and O–H groups in total. The van der Waals surface area contributed by atoms with Crippen LogP contribution in [-0.4, -0.2) is 18.0 Å². The van der Waals surface area contributed by atoms with Crippen molar-refractivity contribution >= 4 is 28.5 Å². The lowest BCUT2D eigenvalue weighted by Crippen LogP contribution is -2.07. The first-order valence-electron chi connectivity index (χ1n) is 9.46. The summed E-state index contributed by atoms with van der Waals surface area (Å²) in [4.78, 5) is 16.8. The van der Waals surface area contributed by atoms with Gasteiger partial charge in [0.1, 0.15) is 5.75 Å². The number of hydrogen-bond acceptors (Lipinski definition) is 4. The van der Waals surface area contributed by atoms with E-state index in [4.69, 9.17) is 4.74 Å². The molecule has 0 saturated carbocycles. The minimum atomic E-state index is -0.235. The molecule has 0 atom stereocenters. The summed E-state index contributed by atoms with van der Waals surface area (Å²) in [7, 11) is 1.61. The minimum absolute atomic E-state index is 0.235. The van der Waals surface area contributed by atoms with Crippen molar-refractivity contribution in [3.63, 3.8) is 0 Å². The van der Waals surface area contributed by atoms with Crippen molar-refractivity contribution in [2.24, 2.45) is 0 Å². The Bertz CT molecular complexity index is 1170. The molecular formula is C25H20N2O2S. The topological polar surface area (TPSA) is 51.2 Å². The Labute approximate surface area is 179 Å². The van der Waals surface area contributed by atoms with Gasteiger partial charge in [-0.2, -0.15) is 0 Å². The first-order chi connectivity index (χ1) is 14.7. The van der Waals surface area contributed by atoms with Crippen molar-refractivity contribution in [3.05, 3.63) is 95.9 Å². The number of nitrogens with one attached hydrogen (secondary N) is 1. The largest absolute Gasteiger partial charge is 0.496 e. The molecule has 0 bridgehead atoms. The highest BCUT2D eigenvalue weighted by molar-refractivity contribution is 7.14. The average Bonchev–Trinajstić information content (AvgIpc) is 3.27. The third kappa shape index (κ3) is 4.64. The molecule has 0 saturated heterocycles. The van der Waals surface area contributed by atoms with Crippen LogP contribution in [0.15, 0.2) is 90.3 Å². The number of aromatic nitrogens is 1. The molecule has 1 amide bonds. The quantitative estimate of drug-likeness (QED) is 0.387. The predicted molar refractivity (Wildman–Crippen MR) is 124 cm³/mol. The summed E-state index contributed by atoms with van der Waals surface area (Å²) in [6, 6.07) is 26.0. The molecule has 0 spiro atoms. The molecule has 4 aromatic rings. The Morgan fingerprint density at radius 2 is 1.57 bits per heavy atom. The highest BCUT2D eigenvalue weighted by Gasteiger charge is 2.07. The second-order valence-corrected chi connectivity index (χ2v) is 7.40. The number of methoxy groups -OCH3 is 1. The number of ether oxygens (including phenoxy) is 1. The molecule has 0 unspecified atom stereocenters. The van der Waals surface area contributed by atoms with Crippen LogP contribution in [-0.2, 0) is 4.79 Å². The molecule has 0 aliphatic carbocycles. The third-order valence-electron chi connectivity index (χ3n) is 4.58. The van der Waals surface area contributed by atoms with Gasteiger partial charge in [0, 0.05) is 22.6 Å². The van der Waals surface area contributed by atoms with E-state index >= 15 is 0 Å². The maximum atomic E-state index is 12.3. The van der Waals surface area contributed by atoms with Crippen LogP contribution in [0, 0.1) is 0 Å². The first kappa shape index (κ1) is 19.6. The van der Waals surface area contributed by atoms with E-state index in [1.54, 1.807) is 13.2 Å². The second kappa shape index (κ2) is 9.20. The number of nitrogens with zero attached hydrogens (tertiary/aromatic N) is 1. The lowest BCUT2D eigenvalue weighted by molar-refractivity contribution is -0.111. The fraction of sp³-hybridized carbons (Fsp3) is 0.0400. The van der Waals surface area contributed by atoms with Crippen LogP contribution in [0.2, 0.25) is 0 Å². The fourth-order valence-corrected chi connectivity index (χ4v) is 3.77. The smallest absolute Gasteiger partial charge is 0.250 e. The van der Waals surface area contributed by atoms with E-state index in [9.17, 15) is 4.79 Å². The van der Waals surface area contributed by atoms with Gasteiger partial charge in [0.2, 0.25) is 5.91 Å². The fourth-order valence-electron chi connectivity index (χ4n) is 3.04. The van der Waals surface area contributed by atoms with Gasteiger partial charge in [-0.15, -0.1) is 11.3 Å². The third-order valence-corrected chi connectivity index (χ3v) is 5.33. The molecule has 4 rings (SSSR count). The number of para-hydroxylation sites is 1. The van der Waals surface area contributed by atoms with Crippen molar-refractivity contribution in [1.29, 1.82) is 0 Å². The first-order valence-corrected chi connectivity index (χ1v) is 10.3. The van der Waals surface area contributed by atoms with Crippen LogP contribution in [0.5, 0.6) is 5.75 Å². The number of thiazole rings is 1. The van der Waals surface area contributed by atoms with Crippen molar-refractivity contribution in [3.8, 4) is 28.1 Å². The van der Waals surface area contributed by atoms with Gasteiger partial charge >= 0.3 is 0 Å². The van der Waals surface area contributed by atoms with Crippen molar-refractivity contribution in [2.45, 2.75) is 0 Å². The van der Waals surface area contributed by atoms with Gasteiger partial charge < -0.3 is 4.74 Å². The zero-order valence-electron chi connectivity index (χ0n) is 16.4. The lowest BCUT2D eigenvalue weighted by atomic mass is 10.0. The zero-order chi connectivity index (χ0) is 20.8. The van der Waals surface area contributed by atoms with Gasteiger partial charge in [0.25, 0.3) is 0 Å². The van der Waals surface area contributed by atoms with Gasteiger partial charge in [-0.1, -0.05) is 72.8 Å². The van der Waals surface area contributed by atoms with E-state index < -0.39 is 0 Å². The normalized spacial score (nSPS) is 10.8. The molecule has 148 valence electrons. The van der Waals surface area contributed by atoms with E-state index in [1.807, 2.05) is 60.0 Å². The highest BCUT2D eigenvalue weighted by atomic mass is 32.1. The number of rotatable bonds is 6. The van der Waals surface area contributed by atoms with Crippen molar-refractivity contribution in [2.75, 3.05) is 12.4 Å². The number of benzene rings is 3. The monoisotopic (exact) mass is 412 g/mol. The van der Waals surface area contributed by atoms with E-state index in [0.717, 1.165) is 28.1 Å². The van der Waals surface area contributed by atoms with Crippen LogP contribution in [0.3, 0.4) is 0 Å². The van der Waals surface area contributed by atoms with E-state index in [1.165, 1.54) is 23.0 Å². The highest BCUT2D eigenvalue weighted by Crippen LogP contribution is 2.27. The number of amides is 1. The summed E-state index contributed by atoms with van der Waals surface area (Å²) in [6.07, 6.45) is 3.21. The maximum absolute atomic E-state index is 12.3. The summed E-state index contributed by atoms with van der Waals surface area (Å²) < 4.78 is 5.29. The molecular weight excluding hydrogens is 392 g/mol. The number of hydrogen-bond donors (Lipinski definition) is 1. The van der Waals surface area contributed by atoms with E-state index in [2.05, 4.69) is 34.6 Å². The Balaban J connectivity index is 1.43. The molecule has 0 aliphatic rings. The molecule has 0 aliphatic heterocycles. The minimum Gasteiger partial charge on any atom is -0.496 e. The van der Waals surface area contributed by atoms with Crippen LogP contribution >= 0.6 is 11.3 Å². The van der Waals surface area contributed by atoms with E-state index in [0.29, 0.717) is 5.13 Å². The number of carbonyl (C=O) groups excluding carboxylic acids is 1. The van der Waals surface area contributed by atoms with Crippen LogP contribution in [0.1, 0.15) is 5.56 Å². The molecule has 30 heavy (non-hydrogen) atoms. The van der Waals surface area contributed by atoms with Gasteiger partial charge in [-0.05, 0) is 23.3 Å². The molecule has 0 radical (unpaired) electrons. The Morgan fingerprint density at radius 1 is 0.900 bits per heavy atom. The Morgan fingerprint density at radius 3 is 2.33 bits per heavy atom. The summed E-state index contributed by atoms with van der Waals surface area (Å²) in [5.74, 6) is 0.485. The Hall–Kier alpha value is -3.70. The summed E-state index contributed by atoms with van der Waals surface area (Å²) in [5.41, 5.74) is 5.02. The van der Waals surface area contributed by atoms with Crippen molar-refractivity contribution < 1.29 is 9.53 Å². The number of anilines is 1. The van der Waals surface area contributed by atoms with Crippen LogP contribution in [0.25, 0.3) is 28.5 Å². The second-order valence-electron chi connectivity index (χ2n) is 6.55. The molecule has 5 heteroatoms. The van der Waals surface area contributed by atoms with Gasteiger partial charge in [-0.25, -0.2) is 4.98 Å². The average molecular weight is 413 g/mol. The summed E-state index contributed by atoms with van der Waals surface area (Å²) in [5, 5.41) is 5.32. The van der Waals surface area contributed by atoms with Crippen LogP contribution in [0.4, 0.5) is 5.13 Å². The van der Waals surface area contributed by atoms with Crippen LogP contribution < -0.4 is 10.1 Å².